The van der Waals surface area contributed by atoms with E-state index in [9.17, 15) is 0 Å². The quantitative estimate of drug-likeness (QED) is 0.534. The molecule has 0 aliphatic carbocycles. The Morgan fingerprint density at radius 1 is 0.929 bits per heavy atom. The second-order valence-electron chi connectivity index (χ2n) is 6.41. The minimum absolute atomic E-state index is 0.155. The normalized spacial score (nSPS) is 11.0. The minimum atomic E-state index is 0.155. The maximum absolute atomic E-state index is 5.97. The summed E-state index contributed by atoms with van der Waals surface area (Å²) in [5.74, 6) is 0.531. The van der Waals surface area contributed by atoms with Crippen LogP contribution in [0.3, 0.4) is 0 Å². The molecule has 2 aromatic heterocycles. The smallest absolute Gasteiger partial charge is 0.247 e. The van der Waals surface area contributed by atoms with Gasteiger partial charge in [0.1, 0.15) is 6.61 Å². The summed E-state index contributed by atoms with van der Waals surface area (Å²) < 4.78 is 13.2. The Morgan fingerprint density at radius 2 is 1.64 bits per heavy atom. The molecule has 0 atom stereocenters. The molecule has 0 saturated heterocycles. The van der Waals surface area contributed by atoms with Crippen molar-refractivity contribution >= 4 is 17.1 Å². The van der Waals surface area contributed by atoms with Gasteiger partial charge >= 0.3 is 0 Å². The molecule has 0 saturated carbocycles. The topological polar surface area (TPSA) is 88.1 Å². The van der Waals surface area contributed by atoms with Crippen LogP contribution in [0.2, 0.25) is 0 Å². The molecular formula is C21H21N5O2. The third-order valence-corrected chi connectivity index (χ3v) is 4.43. The van der Waals surface area contributed by atoms with Crippen LogP contribution < -0.4 is 10.5 Å². The number of nitrogen functional groups attached to an aromatic ring is 1. The molecule has 28 heavy (non-hydrogen) atoms. The Hall–Kier alpha value is -3.45. The number of nitrogens with two attached hydrogens (primary N) is 1. The molecule has 0 aliphatic rings. The molecule has 7 nitrogen and oxygen atoms in total. The van der Waals surface area contributed by atoms with Crippen molar-refractivity contribution in [1.82, 2.24) is 19.5 Å². The molecule has 4 aromatic rings. The first-order valence-corrected chi connectivity index (χ1v) is 8.95. The van der Waals surface area contributed by atoms with Gasteiger partial charge in [0.25, 0.3) is 0 Å². The average molecular weight is 375 g/mol. The van der Waals surface area contributed by atoms with Crippen LogP contribution in [0, 0.1) is 0 Å². The first-order chi connectivity index (χ1) is 13.7. The number of nitrogens with zero attached hydrogens (tertiary/aromatic N) is 4. The highest BCUT2D eigenvalue weighted by molar-refractivity contribution is 5.77. The van der Waals surface area contributed by atoms with Crippen LogP contribution in [-0.4, -0.2) is 26.6 Å². The number of hydrogen-bond donors (Lipinski definition) is 1. The van der Waals surface area contributed by atoms with Crippen molar-refractivity contribution in [3.05, 3.63) is 77.6 Å². The van der Waals surface area contributed by atoms with Crippen molar-refractivity contribution in [1.29, 1.82) is 0 Å². The summed E-state index contributed by atoms with van der Waals surface area (Å²) in [5, 5.41) is 0. The molecule has 0 aliphatic heterocycles. The fraction of sp³-hybridized carbons (Fsp3) is 0.190. The van der Waals surface area contributed by atoms with Gasteiger partial charge in [-0.1, -0.05) is 54.6 Å². The molecule has 0 spiro atoms. The van der Waals surface area contributed by atoms with E-state index in [0.29, 0.717) is 36.8 Å². The van der Waals surface area contributed by atoms with Gasteiger partial charge < -0.3 is 19.8 Å². The predicted octanol–water partition coefficient (Wildman–Crippen LogP) is 3.18. The summed E-state index contributed by atoms with van der Waals surface area (Å²) in [6, 6.07) is 18.1. The van der Waals surface area contributed by atoms with Gasteiger partial charge in [0.2, 0.25) is 11.8 Å². The van der Waals surface area contributed by atoms with E-state index in [1.807, 2.05) is 47.0 Å². The summed E-state index contributed by atoms with van der Waals surface area (Å²) in [5.41, 5.74) is 10.4. The molecule has 2 N–H and O–H groups in total. The van der Waals surface area contributed by atoms with E-state index in [1.165, 1.54) is 0 Å². The molecule has 0 amide bonds. The molecule has 7 heteroatoms. The third kappa shape index (κ3) is 3.79. The zero-order valence-corrected chi connectivity index (χ0v) is 15.6. The van der Waals surface area contributed by atoms with Crippen LogP contribution >= 0.6 is 0 Å². The van der Waals surface area contributed by atoms with Gasteiger partial charge in [0.15, 0.2) is 11.2 Å². The molecule has 0 fully saturated rings. The number of imidazole rings is 1. The zero-order valence-electron chi connectivity index (χ0n) is 15.6. The van der Waals surface area contributed by atoms with Crippen molar-refractivity contribution in [2.45, 2.75) is 19.8 Å². The molecule has 2 heterocycles. The molecule has 0 radical (unpaired) electrons. The number of ether oxygens (including phenoxy) is 2. The maximum atomic E-state index is 5.97. The fourth-order valence-corrected chi connectivity index (χ4v) is 3.07. The van der Waals surface area contributed by atoms with Gasteiger partial charge in [0, 0.05) is 7.11 Å². The first-order valence-electron chi connectivity index (χ1n) is 8.95. The van der Waals surface area contributed by atoms with Crippen molar-refractivity contribution < 1.29 is 9.47 Å². The Kier molecular flexibility index (Phi) is 5.16. The van der Waals surface area contributed by atoms with Gasteiger partial charge in [-0.25, -0.2) is 4.98 Å². The van der Waals surface area contributed by atoms with E-state index in [1.54, 1.807) is 13.4 Å². The fourth-order valence-electron chi connectivity index (χ4n) is 3.07. The molecular weight excluding hydrogens is 354 g/mol. The lowest BCUT2D eigenvalue weighted by molar-refractivity contribution is 0.182. The highest BCUT2D eigenvalue weighted by Crippen LogP contribution is 2.24. The van der Waals surface area contributed by atoms with Crippen LogP contribution in [-0.2, 0) is 24.5 Å². The summed E-state index contributed by atoms with van der Waals surface area (Å²) >= 11 is 0. The molecule has 4 rings (SSSR count). The van der Waals surface area contributed by atoms with Crippen LogP contribution in [0.25, 0.3) is 11.2 Å². The first kappa shape index (κ1) is 17.9. The Balaban J connectivity index is 1.61. The Labute approximate surface area is 162 Å². The lowest BCUT2D eigenvalue weighted by Gasteiger charge is -2.11. The van der Waals surface area contributed by atoms with E-state index in [0.717, 1.165) is 16.7 Å². The van der Waals surface area contributed by atoms with Gasteiger partial charge in [0.05, 0.1) is 19.5 Å². The Morgan fingerprint density at radius 3 is 2.39 bits per heavy atom. The van der Waals surface area contributed by atoms with E-state index in [2.05, 4.69) is 27.1 Å². The molecule has 2 aromatic carbocycles. The van der Waals surface area contributed by atoms with Crippen LogP contribution in [0.5, 0.6) is 5.88 Å². The van der Waals surface area contributed by atoms with Crippen molar-refractivity contribution in [3.8, 4) is 5.88 Å². The summed E-state index contributed by atoms with van der Waals surface area (Å²) in [4.78, 5) is 13.1. The van der Waals surface area contributed by atoms with Gasteiger partial charge in [-0.05, 0) is 16.7 Å². The number of benzene rings is 2. The average Bonchev–Trinajstić information content (AvgIpc) is 3.11. The number of aromatic nitrogens is 4. The highest BCUT2D eigenvalue weighted by atomic mass is 16.5. The standard InChI is InChI=1S/C21H21N5O2/c1-27-12-16-9-5-6-10-17(16)13-28-20-18-19(24-21(22)25-20)26(14-23-18)11-15-7-3-2-4-8-15/h2-10,14H,11-13H2,1H3,(H2,22,24,25). The maximum Gasteiger partial charge on any atom is 0.247 e. The zero-order chi connectivity index (χ0) is 19.3. The lowest BCUT2D eigenvalue weighted by Crippen LogP contribution is -2.06. The number of anilines is 1. The molecule has 0 unspecified atom stereocenters. The summed E-state index contributed by atoms with van der Waals surface area (Å²) in [7, 11) is 1.67. The van der Waals surface area contributed by atoms with Gasteiger partial charge in [-0.15, -0.1) is 0 Å². The second-order valence-corrected chi connectivity index (χ2v) is 6.41. The number of fused-ring (bicyclic) bond motifs is 1. The van der Waals surface area contributed by atoms with Gasteiger partial charge in [-0.2, -0.15) is 9.97 Å². The molecule has 142 valence electrons. The van der Waals surface area contributed by atoms with Crippen molar-refractivity contribution in [2.75, 3.05) is 12.8 Å². The van der Waals surface area contributed by atoms with Crippen LogP contribution in [0.15, 0.2) is 60.9 Å². The van der Waals surface area contributed by atoms with E-state index >= 15 is 0 Å². The van der Waals surface area contributed by atoms with E-state index in [4.69, 9.17) is 15.2 Å². The Bertz CT molecular complexity index is 1080. The van der Waals surface area contributed by atoms with E-state index < -0.39 is 0 Å². The van der Waals surface area contributed by atoms with E-state index in [-0.39, 0.29) is 5.95 Å². The largest absolute Gasteiger partial charge is 0.471 e. The number of rotatable bonds is 7. The van der Waals surface area contributed by atoms with Crippen LogP contribution in [0.4, 0.5) is 5.95 Å². The summed E-state index contributed by atoms with van der Waals surface area (Å²) in [6.07, 6.45) is 1.73. The second kappa shape index (κ2) is 8.06. The SMILES string of the molecule is COCc1ccccc1COc1nc(N)nc2c1ncn2Cc1ccccc1. The number of hydrogen-bond acceptors (Lipinski definition) is 6. The lowest BCUT2D eigenvalue weighted by atomic mass is 10.1. The minimum Gasteiger partial charge on any atom is -0.471 e. The predicted molar refractivity (Wildman–Crippen MR) is 107 cm³/mol. The third-order valence-electron chi connectivity index (χ3n) is 4.43. The monoisotopic (exact) mass is 375 g/mol. The summed E-state index contributed by atoms with van der Waals surface area (Å²) in [6.45, 7) is 1.51. The van der Waals surface area contributed by atoms with Crippen molar-refractivity contribution in [3.63, 3.8) is 0 Å². The van der Waals surface area contributed by atoms with Gasteiger partial charge in [-0.3, -0.25) is 0 Å². The number of methoxy groups -OCH3 is 1. The highest BCUT2D eigenvalue weighted by Gasteiger charge is 2.14. The molecule has 0 bridgehead atoms. The van der Waals surface area contributed by atoms with Crippen molar-refractivity contribution in [2.24, 2.45) is 0 Å². The van der Waals surface area contributed by atoms with Crippen LogP contribution in [0.1, 0.15) is 16.7 Å².